The molecule has 0 unspecified atom stereocenters. The van der Waals surface area contributed by atoms with E-state index in [0.29, 0.717) is 16.7 Å². The fraction of sp³-hybridized carbons (Fsp3) is 0.250. The van der Waals surface area contributed by atoms with Crippen molar-refractivity contribution in [1.82, 2.24) is 9.80 Å². The lowest BCUT2D eigenvalue weighted by Crippen LogP contribution is -2.31. The summed E-state index contributed by atoms with van der Waals surface area (Å²) in [6.07, 6.45) is 0. The summed E-state index contributed by atoms with van der Waals surface area (Å²) in [5.74, 6) is 0.223. The number of halogens is 1. The molecule has 1 saturated heterocycles. The third kappa shape index (κ3) is 3.03. The van der Waals surface area contributed by atoms with E-state index in [4.69, 9.17) is 11.6 Å². The summed E-state index contributed by atoms with van der Waals surface area (Å²) in [4.78, 5) is 30.0. The molecule has 3 amide bonds. The first-order valence-electron chi connectivity index (χ1n) is 5.60. The fourth-order valence-corrected chi connectivity index (χ4v) is 1.91. The maximum absolute atomic E-state index is 11.8. The molecule has 1 aromatic carbocycles. The molecule has 1 aromatic rings. The maximum atomic E-state index is 11.8. The van der Waals surface area contributed by atoms with E-state index in [1.807, 2.05) is 0 Å². The summed E-state index contributed by atoms with van der Waals surface area (Å²) >= 11 is 5.82. The summed E-state index contributed by atoms with van der Waals surface area (Å²) in [6, 6.07) is 6.21. The van der Waals surface area contributed by atoms with Gasteiger partial charge in [-0.25, -0.2) is 4.79 Å². The summed E-state index contributed by atoms with van der Waals surface area (Å²) in [7, 11) is 3.28. The molecule has 0 saturated carbocycles. The minimum absolute atomic E-state index is 0.100. The second kappa shape index (κ2) is 5.27. The summed E-state index contributed by atoms with van der Waals surface area (Å²) in [5.41, 5.74) is 0.552. The Morgan fingerprint density at radius 1 is 1.42 bits per heavy atom. The third-order valence-corrected chi connectivity index (χ3v) is 2.90. The molecule has 0 spiro atoms. The fourth-order valence-electron chi connectivity index (χ4n) is 1.72. The highest BCUT2D eigenvalue weighted by Crippen LogP contribution is 2.15. The number of hydrogen-bond acceptors (Lipinski definition) is 2. The molecule has 1 fully saturated rings. The topological polar surface area (TPSA) is 65.0 Å². The summed E-state index contributed by atoms with van der Waals surface area (Å²) in [5, 5.41) is 3.11. The van der Waals surface area contributed by atoms with Crippen molar-refractivity contribution in [3.05, 3.63) is 29.3 Å². The maximum Gasteiger partial charge on any atom is 0.348 e. The van der Waals surface area contributed by atoms with E-state index < -0.39 is 6.03 Å². The van der Waals surface area contributed by atoms with Crippen LogP contribution in [0.1, 0.15) is 0 Å². The first-order valence-corrected chi connectivity index (χ1v) is 5.98. The minimum Gasteiger partial charge on any atom is -0.336 e. The number of amides is 3. The van der Waals surface area contributed by atoms with Crippen LogP contribution in [0, 0.1) is 0 Å². The number of nitrogens with one attached hydrogen (secondary N) is 1. The van der Waals surface area contributed by atoms with Gasteiger partial charge in [0.1, 0.15) is 0 Å². The van der Waals surface area contributed by atoms with E-state index in [2.05, 4.69) is 10.3 Å². The molecule has 0 radical (unpaired) electrons. The van der Waals surface area contributed by atoms with Crippen LogP contribution in [0.15, 0.2) is 29.3 Å². The van der Waals surface area contributed by atoms with Crippen molar-refractivity contribution in [3.8, 4) is 0 Å². The Balaban J connectivity index is 2.11. The molecule has 0 atom stereocenters. The number of carbonyl (C=O) groups excluding carboxylic acids is 2. The Labute approximate surface area is 115 Å². The second-order valence-electron chi connectivity index (χ2n) is 4.16. The quantitative estimate of drug-likeness (QED) is 0.850. The van der Waals surface area contributed by atoms with Crippen LogP contribution in [-0.4, -0.2) is 48.3 Å². The highest BCUT2D eigenvalue weighted by atomic mass is 35.5. The van der Waals surface area contributed by atoms with E-state index in [0.717, 1.165) is 0 Å². The molecule has 7 heteroatoms. The zero-order chi connectivity index (χ0) is 14.0. The van der Waals surface area contributed by atoms with Crippen LogP contribution in [-0.2, 0) is 4.79 Å². The van der Waals surface area contributed by atoms with E-state index in [1.54, 1.807) is 43.3 Å². The van der Waals surface area contributed by atoms with Gasteiger partial charge >= 0.3 is 6.03 Å². The van der Waals surface area contributed by atoms with Gasteiger partial charge in [-0.05, 0) is 18.2 Å². The molecule has 1 heterocycles. The molecule has 1 N–H and O–H groups in total. The van der Waals surface area contributed by atoms with Gasteiger partial charge in [-0.15, -0.1) is 0 Å². The molecule has 0 aromatic heterocycles. The molecule has 1 aliphatic rings. The predicted molar refractivity (Wildman–Crippen MR) is 73.3 cm³/mol. The van der Waals surface area contributed by atoms with Gasteiger partial charge in [0.2, 0.25) is 11.9 Å². The Morgan fingerprint density at radius 2 is 2.16 bits per heavy atom. The SMILES string of the molecule is CN1CC(=O)N(C)C1=NC(=O)Nc1cccc(Cl)c1. The van der Waals surface area contributed by atoms with Crippen LogP contribution in [0.5, 0.6) is 0 Å². The molecule has 19 heavy (non-hydrogen) atoms. The molecule has 0 bridgehead atoms. The number of urea groups is 1. The standard InChI is InChI=1S/C12H13ClN4O2/c1-16-7-10(18)17(2)12(16)15-11(19)14-9-5-3-4-8(13)6-9/h3-6H,7H2,1-2H3,(H,14,19). The Hall–Kier alpha value is -2.08. The van der Waals surface area contributed by atoms with Crippen LogP contribution in [0.3, 0.4) is 0 Å². The van der Waals surface area contributed by atoms with Gasteiger partial charge in [0.05, 0.1) is 6.54 Å². The lowest BCUT2D eigenvalue weighted by Gasteiger charge is -2.13. The van der Waals surface area contributed by atoms with Crippen molar-refractivity contribution in [2.75, 3.05) is 26.0 Å². The van der Waals surface area contributed by atoms with Crippen LogP contribution in [0.25, 0.3) is 0 Å². The van der Waals surface area contributed by atoms with Crippen LogP contribution < -0.4 is 5.32 Å². The molecule has 100 valence electrons. The number of hydrogen-bond donors (Lipinski definition) is 1. The van der Waals surface area contributed by atoms with Crippen molar-refractivity contribution in [3.63, 3.8) is 0 Å². The molecular weight excluding hydrogens is 268 g/mol. The average Bonchev–Trinajstić information content (AvgIpc) is 2.56. The zero-order valence-corrected chi connectivity index (χ0v) is 11.3. The molecule has 0 aliphatic carbocycles. The smallest absolute Gasteiger partial charge is 0.336 e. The van der Waals surface area contributed by atoms with Gasteiger partial charge in [-0.3, -0.25) is 9.69 Å². The highest BCUT2D eigenvalue weighted by Gasteiger charge is 2.29. The van der Waals surface area contributed by atoms with E-state index >= 15 is 0 Å². The lowest BCUT2D eigenvalue weighted by atomic mass is 10.3. The Morgan fingerprint density at radius 3 is 2.74 bits per heavy atom. The first kappa shape index (κ1) is 13.4. The minimum atomic E-state index is -0.550. The van der Waals surface area contributed by atoms with Gasteiger partial charge < -0.3 is 10.2 Å². The number of likely N-dealkylation sites (N-methyl/N-ethyl adjacent to an activating group) is 2. The highest BCUT2D eigenvalue weighted by molar-refractivity contribution is 6.30. The van der Waals surface area contributed by atoms with Crippen molar-refractivity contribution < 1.29 is 9.59 Å². The van der Waals surface area contributed by atoms with Crippen molar-refractivity contribution in [1.29, 1.82) is 0 Å². The molecule has 6 nitrogen and oxygen atoms in total. The average molecular weight is 281 g/mol. The Bertz CT molecular complexity index is 558. The number of nitrogens with zero attached hydrogens (tertiary/aromatic N) is 3. The van der Waals surface area contributed by atoms with Gasteiger partial charge in [-0.2, -0.15) is 4.99 Å². The van der Waals surface area contributed by atoms with Gasteiger partial charge in [-0.1, -0.05) is 17.7 Å². The van der Waals surface area contributed by atoms with E-state index in [9.17, 15) is 9.59 Å². The summed E-state index contributed by atoms with van der Waals surface area (Å²) < 4.78 is 0. The number of rotatable bonds is 1. The first-order chi connectivity index (χ1) is 8.97. The van der Waals surface area contributed by atoms with Gasteiger partial charge in [0.25, 0.3) is 0 Å². The van der Waals surface area contributed by atoms with Crippen molar-refractivity contribution in [2.24, 2.45) is 4.99 Å². The van der Waals surface area contributed by atoms with Crippen LogP contribution in [0.2, 0.25) is 5.02 Å². The van der Waals surface area contributed by atoms with Crippen molar-refractivity contribution in [2.45, 2.75) is 0 Å². The van der Waals surface area contributed by atoms with E-state index in [1.165, 1.54) is 4.90 Å². The van der Waals surface area contributed by atoms with Gasteiger partial charge in [0.15, 0.2) is 0 Å². The number of guanidine groups is 1. The van der Waals surface area contributed by atoms with Crippen molar-refractivity contribution >= 4 is 35.2 Å². The lowest BCUT2D eigenvalue weighted by molar-refractivity contribution is -0.124. The molecular formula is C12H13ClN4O2. The largest absolute Gasteiger partial charge is 0.348 e. The zero-order valence-electron chi connectivity index (χ0n) is 10.6. The number of benzene rings is 1. The number of aliphatic imine (C=N–C) groups is 1. The summed E-state index contributed by atoms with van der Waals surface area (Å²) in [6.45, 7) is 0.222. The van der Waals surface area contributed by atoms with Crippen LogP contribution in [0.4, 0.5) is 10.5 Å². The third-order valence-electron chi connectivity index (χ3n) is 2.67. The van der Waals surface area contributed by atoms with Crippen LogP contribution >= 0.6 is 11.6 Å². The molecule has 2 rings (SSSR count). The number of anilines is 1. The Kier molecular flexibility index (Phi) is 3.71. The predicted octanol–water partition coefficient (Wildman–Crippen LogP) is 1.63. The van der Waals surface area contributed by atoms with E-state index in [-0.39, 0.29) is 12.5 Å². The number of carbonyl (C=O) groups is 2. The van der Waals surface area contributed by atoms with Gasteiger partial charge in [0, 0.05) is 24.8 Å². The monoisotopic (exact) mass is 280 g/mol. The molecule has 1 aliphatic heterocycles. The normalized spacial score (nSPS) is 17.2. The second-order valence-corrected chi connectivity index (χ2v) is 4.60.